The van der Waals surface area contributed by atoms with Gasteiger partial charge in [0.2, 0.25) is 0 Å². The van der Waals surface area contributed by atoms with Crippen molar-refractivity contribution in [1.29, 1.82) is 0 Å². The summed E-state index contributed by atoms with van der Waals surface area (Å²) in [5.41, 5.74) is -3.73. The minimum absolute atomic E-state index is 0.0504. The van der Waals surface area contributed by atoms with E-state index in [2.05, 4.69) is 0 Å². The summed E-state index contributed by atoms with van der Waals surface area (Å²) >= 11 is 1.01. The van der Waals surface area contributed by atoms with Crippen molar-refractivity contribution >= 4 is 22.8 Å². The third kappa shape index (κ3) is 2.66. The Bertz CT molecular complexity index is 824. The summed E-state index contributed by atoms with van der Waals surface area (Å²) in [6.45, 7) is 6.72. The number of fused-ring (bicyclic) bond motifs is 1. The van der Waals surface area contributed by atoms with Crippen molar-refractivity contribution in [2.75, 3.05) is 5.75 Å². The molecule has 0 aliphatic carbocycles. The van der Waals surface area contributed by atoms with Crippen LogP contribution >= 0.6 is 11.8 Å². The Morgan fingerprint density at radius 2 is 1.92 bits per heavy atom. The third-order valence-corrected chi connectivity index (χ3v) is 4.96. The highest BCUT2D eigenvalue weighted by Gasteiger charge is 2.53. The molecular weight excluding hydrogens is 334 g/mol. The monoisotopic (exact) mass is 355 g/mol. The van der Waals surface area contributed by atoms with Gasteiger partial charge in [-0.3, -0.25) is 4.79 Å². The van der Waals surface area contributed by atoms with E-state index in [1.54, 1.807) is 26.8 Å². The SMILES string of the molecule is CC(=O)SCCn1c(=O)n2n(c1=O)C(C(=O)O)(C(C)(C)C)C=CC2. The van der Waals surface area contributed by atoms with E-state index in [4.69, 9.17) is 0 Å². The minimum Gasteiger partial charge on any atom is -0.479 e. The lowest BCUT2D eigenvalue weighted by Crippen LogP contribution is -2.58. The number of rotatable bonds is 4. The number of thioether (sulfide) groups is 1. The molecule has 0 saturated carbocycles. The van der Waals surface area contributed by atoms with E-state index >= 15 is 0 Å². The second-order valence-corrected chi connectivity index (χ2v) is 7.95. The van der Waals surface area contributed by atoms with Crippen LogP contribution in [0.5, 0.6) is 0 Å². The van der Waals surface area contributed by atoms with Crippen LogP contribution in [-0.2, 0) is 28.2 Å². The summed E-state index contributed by atoms with van der Waals surface area (Å²) in [7, 11) is 0. The van der Waals surface area contributed by atoms with Gasteiger partial charge in [0, 0.05) is 24.6 Å². The van der Waals surface area contributed by atoms with E-state index in [1.807, 2.05) is 0 Å². The topological polar surface area (TPSA) is 103 Å². The number of nitrogens with zero attached hydrogens (tertiary/aromatic N) is 3. The molecule has 2 heterocycles. The van der Waals surface area contributed by atoms with Gasteiger partial charge in [-0.2, -0.15) is 0 Å². The van der Waals surface area contributed by atoms with Crippen LogP contribution in [-0.4, -0.2) is 35.9 Å². The predicted octanol–water partition coefficient (Wildman–Crippen LogP) is 0.487. The number of carbonyl (C=O) groups excluding carboxylic acids is 1. The highest BCUT2D eigenvalue weighted by atomic mass is 32.2. The molecule has 1 aliphatic rings. The number of hydrogen-bond acceptors (Lipinski definition) is 5. The maximum Gasteiger partial charge on any atom is 0.348 e. The highest BCUT2D eigenvalue weighted by molar-refractivity contribution is 8.13. The van der Waals surface area contributed by atoms with Crippen molar-refractivity contribution in [3.63, 3.8) is 0 Å². The van der Waals surface area contributed by atoms with E-state index in [1.165, 1.54) is 13.0 Å². The fourth-order valence-corrected chi connectivity index (χ4v) is 3.50. The third-order valence-electron chi connectivity index (χ3n) is 4.17. The molecule has 1 aromatic rings. The molecule has 8 nitrogen and oxygen atoms in total. The number of carbonyl (C=O) groups is 2. The number of carboxylic acid groups (broad SMARTS) is 1. The van der Waals surface area contributed by atoms with Crippen molar-refractivity contribution in [2.24, 2.45) is 5.41 Å². The van der Waals surface area contributed by atoms with Gasteiger partial charge < -0.3 is 5.11 Å². The molecule has 0 saturated heterocycles. The maximum atomic E-state index is 12.8. The molecule has 0 spiro atoms. The summed E-state index contributed by atoms with van der Waals surface area (Å²) in [5.74, 6) is -0.922. The summed E-state index contributed by atoms with van der Waals surface area (Å²) in [5, 5.41) is 9.75. The number of aromatic nitrogens is 3. The van der Waals surface area contributed by atoms with Crippen LogP contribution in [0, 0.1) is 5.41 Å². The van der Waals surface area contributed by atoms with Crippen molar-refractivity contribution in [1.82, 2.24) is 13.9 Å². The molecule has 0 amide bonds. The molecule has 0 aromatic carbocycles. The first-order valence-corrected chi connectivity index (χ1v) is 8.50. The first kappa shape index (κ1) is 18.3. The summed E-state index contributed by atoms with van der Waals surface area (Å²) in [4.78, 5) is 48.4. The van der Waals surface area contributed by atoms with Gasteiger partial charge in [-0.25, -0.2) is 28.3 Å². The Hall–Kier alpha value is -2.03. The number of allylic oxidation sites excluding steroid dienone is 1. The molecule has 1 aliphatic heterocycles. The normalized spacial score (nSPS) is 20.0. The lowest BCUT2D eigenvalue weighted by molar-refractivity contribution is -0.152. The molecule has 0 fully saturated rings. The van der Waals surface area contributed by atoms with Crippen LogP contribution in [0.15, 0.2) is 21.7 Å². The summed E-state index contributed by atoms with van der Waals surface area (Å²) in [6, 6.07) is 0. The van der Waals surface area contributed by atoms with Crippen molar-refractivity contribution in [2.45, 2.75) is 46.3 Å². The standard InChI is InChI=1S/C15H21N3O5S/c1-10(19)24-9-8-16-12(22)17-7-5-6-15(11(20)21,14(2,3)4)18(17)13(16)23/h5-6H,7-9H2,1-4H3,(H,20,21). The van der Waals surface area contributed by atoms with Crippen molar-refractivity contribution in [3.05, 3.63) is 33.1 Å². The van der Waals surface area contributed by atoms with Crippen molar-refractivity contribution < 1.29 is 14.7 Å². The summed E-state index contributed by atoms with van der Waals surface area (Å²) in [6.07, 6.45) is 3.07. The van der Waals surface area contributed by atoms with Crippen LogP contribution in [0.1, 0.15) is 27.7 Å². The molecule has 132 valence electrons. The molecule has 24 heavy (non-hydrogen) atoms. The van der Waals surface area contributed by atoms with Gasteiger partial charge in [0.25, 0.3) is 0 Å². The average molecular weight is 355 g/mol. The number of hydrogen-bond donors (Lipinski definition) is 1. The maximum absolute atomic E-state index is 12.8. The molecule has 2 rings (SSSR count). The lowest BCUT2D eigenvalue weighted by atomic mass is 9.73. The van der Waals surface area contributed by atoms with E-state index in [0.717, 1.165) is 25.7 Å². The van der Waals surface area contributed by atoms with E-state index in [0.29, 0.717) is 0 Å². The van der Waals surface area contributed by atoms with E-state index in [-0.39, 0.29) is 24.0 Å². The zero-order valence-corrected chi connectivity index (χ0v) is 14.9. The first-order chi connectivity index (χ1) is 11.0. The second-order valence-electron chi connectivity index (χ2n) is 6.67. The van der Waals surface area contributed by atoms with Gasteiger partial charge in [0.15, 0.2) is 10.7 Å². The fraction of sp³-hybridized carbons (Fsp3) is 0.600. The molecular formula is C15H21N3O5S. The van der Waals surface area contributed by atoms with Gasteiger partial charge in [-0.1, -0.05) is 38.6 Å². The van der Waals surface area contributed by atoms with Crippen LogP contribution in [0.25, 0.3) is 0 Å². The Kier molecular flexibility index (Phi) is 4.67. The van der Waals surface area contributed by atoms with Gasteiger partial charge >= 0.3 is 17.3 Å². The Morgan fingerprint density at radius 3 is 2.42 bits per heavy atom. The van der Waals surface area contributed by atoms with E-state index in [9.17, 15) is 24.3 Å². The van der Waals surface area contributed by atoms with Crippen LogP contribution < -0.4 is 11.4 Å². The average Bonchev–Trinajstić information content (AvgIpc) is 2.70. The summed E-state index contributed by atoms with van der Waals surface area (Å²) < 4.78 is 3.18. The van der Waals surface area contributed by atoms with Crippen LogP contribution in [0.2, 0.25) is 0 Å². The Labute approximate surface area is 142 Å². The fourth-order valence-electron chi connectivity index (χ4n) is 2.94. The molecule has 1 atom stereocenters. The molecule has 9 heteroatoms. The largest absolute Gasteiger partial charge is 0.479 e. The van der Waals surface area contributed by atoms with Crippen LogP contribution in [0.4, 0.5) is 0 Å². The molecule has 1 N–H and O–H groups in total. The van der Waals surface area contributed by atoms with Gasteiger partial charge in [-0.15, -0.1) is 0 Å². The Balaban J connectivity index is 2.65. The quantitative estimate of drug-likeness (QED) is 0.788. The molecule has 0 radical (unpaired) electrons. The number of aliphatic carboxylic acids is 1. The molecule has 1 unspecified atom stereocenters. The van der Waals surface area contributed by atoms with E-state index < -0.39 is 28.3 Å². The van der Waals surface area contributed by atoms with Gasteiger partial charge in [0.05, 0.1) is 6.54 Å². The minimum atomic E-state index is -1.65. The number of carboxylic acids is 1. The molecule has 1 aromatic heterocycles. The zero-order chi connectivity index (χ0) is 18.3. The van der Waals surface area contributed by atoms with Crippen molar-refractivity contribution in [3.8, 4) is 0 Å². The Morgan fingerprint density at radius 1 is 1.29 bits per heavy atom. The van der Waals surface area contributed by atoms with Gasteiger partial charge in [-0.05, 0) is 6.08 Å². The first-order valence-electron chi connectivity index (χ1n) is 7.51. The lowest BCUT2D eigenvalue weighted by Gasteiger charge is -2.41. The smallest absolute Gasteiger partial charge is 0.348 e. The predicted molar refractivity (Wildman–Crippen MR) is 90.3 cm³/mol. The van der Waals surface area contributed by atoms with Crippen LogP contribution in [0.3, 0.4) is 0 Å². The zero-order valence-electron chi connectivity index (χ0n) is 14.1. The molecule has 0 bridgehead atoms. The van der Waals surface area contributed by atoms with Gasteiger partial charge in [0.1, 0.15) is 0 Å². The highest BCUT2D eigenvalue weighted by Crippen LogP contribution is 2.39. The second kappa shape index (κ2) is 6.12.